The second kappa shape index (κ2) is 32.7. The van der Waals surface area contributed by atoms with Crippen molar-refractivity contribution in [1.82, 2.24) is 62.5 Å². The molecular formula is C85H90ClN13O8. The van der Waals surface area contributed by atoms with Gasteiger partial charge in [0.25, 0.3) is 23.6 Å². The number of aromatic nitrogens is 4. The van der Waals surface area contributed by atoms with E-state index in [0.29, 0.717) is 109 Å². The molecule has 22 heteroatoms. The molecule has 21 nitrogen and oxygen atoms in total. The number of carbonyl (C=O) groups excluding carboxylic acids is 4. The number of carbonyl (C=O) groups is 4. The van der Waals surface area contributed by atoms with E-state index in [1.807, 2.05) is 189 Å². The predicted octanol–water partition coefficient (Wildman–Crippen LogP) is 13.3. The number of pyridine rings is 2. The van der Waals surface area contributed by atoms with Gasteiger partial charge in [0.1, 0.15) is 55.2 Å². The van der Waals surface area contributed by atoms with Crippen LogP contribution in [0.1, 0.15) is 147 Å². The first-order valence-electron chi connectivity index (χ1n) is 36.3. The predicted molar refractivity (Wildman–Crippen MR) is 420 cm³/mol. The molecule has 0 fully saturated rings. The molecule has 0 saturated heterocycles. The summed E-state index contributed by atoms with van der Waals surface area (Å²) in [6.07, 6.45) is 2.43. The fourth-order valence-corrected chi connectivity index (χ4v) is 14.0. The maximum Gasteiger partial charge on any atom is 0.255 e. The first-order chi connectivity index (χ1) is 51.7. The highest BCUT2D eigenvalue weighted by Gasteiger charge is 2.35. The van der Waals surface area contributed by atoms with Crippen LogP contribution >= 0.6 is 11.6 Å². The van der Waals surface area contributed by atoms with Crippen LogP contribution in [0, 0.1) is 6.92 Å². The second-order valence-corrected chi connectivity index (χ2v) is 29.0. The average molecular weight is 1460 g/mol. The molecule has 0 saturated carbocycles. The lowest BCUT2D eigenvalue weighted by Crippen LogP contribution is -2.50. The van der Waals surface area contributed by atoms with E-state index in [4.69, 9.17) is 40.5 Å². The molecular weight excluding hydrogens is 1370 g/mol. The zero-order valence-corrected chi connectivity index (χ0v) is 62.3. The molecule has 0 aliphatic carbocycles. The van der Waals surface area contributed by atoms with Crippen LogP contribution in [0.4, 0.5) is 5.69 Å². The van der Waals surface area contributed by atoms with Gasteiger partial charge in [0.15, 0.2) is 0 Å². The van der Waals surface area contributed by atoms with Crippen molar-refractivity contribution in [1.29, 1.82) is 0 Å². The standard InChI is InChI=1S/C23H24N2O2.C22H24N4O2.C21H22ClN3O2.C19H20N4O2/c1-23(2,20-12-6-8-16-7-3-4-10-18(16)20)25-22(26)19-11-5-9-17-15-24-13-14-27-21(17)19;1-14-12-15-7-5-9-24-18(15)20(25-14)22(2,3)26-21(27)17-8-4-6-16-13-23-10-11-28-19(16)17;1-21(2,18-11-14-10-15(22)6-7-17(14)24-18)25-20(26)16-5-3-4-13-12-23-8-9-27-19(13)16;1-12(18-22-15-7-2-3-8-16(15)23-18)21-19(24)14-6-4-5-13-11-20-9-10-25-17(13)14/h3-12,24H,13-15H2,1-2H3,(H,25,26);4-9,12,23H,10-11,13H2,1-3H3,(H,26,27);3-7,10,23H,8-9,11-12H2,1-2H3,(H,25,26);2-8,12,20H,9-11H2,1H3,(H,21,24)(H,22,23). The van der Waals surface area contributed by atoms with E-state index in [-0.39, 0.29) is 29.7 Å². The second-order valence-electron chi connectivity index (χ2n) is 28.6. The number of fused-ring (bicyclic) bond motifs is 8. The Balaban J connectivity index is 0.000000126. The Labute approximate surface area is 627 Å². The van der Waals surface area contributed by atoms with Crippen molar-refractivity contribution < 1.29 is 38.1 Å². The lowest BCUT2D eigenvalue weighted by atomic mass is 9.89. The van der Waals surface area contributed by atoms with Gasteiger partial charge in [-0.3, -0.25) is 34.1 Å². The number of hydrogen-bond donors (Lipinski definition) is 9. The van der Waals surface area contributed by atoms with Gasteiger partial charge in [-0.1, -0.05) is 121 Å². The molecule has 9 N–H and O–H groups in total. The summed E-state index contributed by atoms with van der Waals surface area (Å²) < 4.78 is 23.4. The van der Waals surface area contributed by atoms with Crippen LogP contribution in [0.5, 0.6) is 23.0 Å². The van der Waals surface area contributed by atoms with Gasteiger partial charge >= 0.3 is 0 Å². The van der Waals surface area contributed by atoms with Crippen LogP contribution in [-0.4, -0.2) is 107 Å². The van der Waals surface area contributed by atoms with Gasteiger partial charge < -0.3 is 66.5 Å². The average Bonchev–Trinajstić information content (AvgIpc) is 1.72. The molecule has 550 valence electrons. The third kappa shape index (κ3) is 17.3. The van der Waals surface area contributed by atoms with Gasteiger partial charge in [-0.05, 0) is 144 Å². The molecule has 107 heavy (non-hydrogen) atoms. The van der Waals surface area contributed by atoms with E-state index < -0.39 is 16.6 Å². The number of ether oxygens (including phenoxy) is 4. The molecule has 5 aliphatic heterocycles. The smallest absolute Gasteiger partial charge is 0.255 e. The molecule has 0 spiro atoms. The van der Waals surface area contributed by atoms with Gasteiger partial charge in [0, 0.05) is 109 Å². The van der Waals surface area contributed by atoms with E-state index >= 15 is 0 Å². The van der Waals surface area contributed by atoms with Crippen molar-refractivity contribution in [3.05, 3.63) is 260 Å². The molecule has 1 atom stereocenters. The number of imidazole rings is 1. The SMILES string of the molecule is CC(C)(NC(=O)c1cccc2c1OCCNC2)C1=Nc2ccc(Cl)cc2C1.CC(C)(NC(=O)c1cccc2c1OCCNC2)c1cccc2ccccc12.CC(NC(=O)c1cccc2c1OCCNC2)c1nc2ccccc2[nH]1.Cc1cc2cccnc2c(C(C)(C)NC(=O)c2cccc3c2OCCNC3)n1. The molecule has 0 radical (unpaired) electrons. The van der Waals surface area contributed by atoms with Crippen LogP contribution in [0.2, 0.25) is 5.02 Å². The minimum Gasteiger partial charge on any atom is -0.491 e. The number of para-hydroxylation sites is 6. The van der Waals surface area contributed by atoms with E-state index in [2.05, 4.69) is 81.8 Å². The van der Waals surface area contributed by atoms with E-state index in [0.717, 1.165) is 115 Å². The lowest BCUT2D eigenvalue weighted by molar-refractivity contribution is 0.0898. The first-order valence-corrected chi connectivity index (χ1v) is 36.7. The highest BCUT2D eigenvalue weighted by Crippen LogP contribution is 2.36. The van der Waals surface area contributed by atoms with Crippen LogP contribution < -0.4 is 61.5 Å². The number of amides is 4. The molecule has 1 unspecified atom stereocenters. The molecule has 16 rings (SSSR count). The van der Waals surface area contributed by atoms with Crippen LogP contribution in [0.3, 0.4) is 0 Å². The molecule has 5 aliphatic rings. The molecule has 8 heterocycles. The van der Waals surface area contributed by atoms with Gasteiger partial charge in [0.2, 0.25) is 0 Å². The fourth-order valence-electron chi connectivity index (χ4n) is 13.8. The van der Waals surface area contributed by atoms with E-state index in [9.17, 15) is 19.2 Å². The van der Waals surface area contributed by atoms with Crippen molar-refractivity contribution in [3.8, 4) is 23.0 Å². The summed E-state index contributed by atoms with van der Waals surface area (Å²) in [5.41, 5.74) is 12.7. The van der Waals surface area contributed by atoms with Crippen molar-refractivity contribution in [2.24, 2.45) is 4.99 Å². The zero-order valence-electron chi connectivity index (χ0n) is 61.5. The number of aromatic amines is 1. The van der Waals surface area contributed by atoms with Crippen LogP contribution in [0.25, 0.3) is 32.7 Å². The van der Waals surface area contributed by atoms with Gasteiger partial charge in [-0.15, -0.1) is 0 Å². The lowest BCUT2D eigenvalue weighted by Gasteiger charge is -2.29. The van der Waals surface area contributed by atoms with E-state index in [1.54, 1.807) is 24.4 Å². The fraction of sp³-hybridized carbons (Fsp3) is 0.294. The number of aliphatic imine (C=N–C) groups is 1. The summed E-state index contributed by atoms with van der Waals surface area (Å²) in [5.74, 6) is 2.79. The number of halogens is 1. The molecule has 11 aromatic rings. The molecule has 4 amide bonds. The van der Waals surface area contributed by atoms with Crippen LogP contribution in [0.15, 0.2) is 187 Å². The summed E-state index contributed by atoms with van der Waals surface area (Å²) in [4.78, 5) is 73.9. The summed E-state index contributed by atoms with van der Waals surface area (Å²) >= 11 is 6.09. The first kappa shape index (κ1) is 74.2. The van der Waals surface area contributed by atoms with Gasteiger partial charge in [0.05, 0.1) is 72.8 Å². The normalized spacial score (nSPS) is 14.8. The summed E-state index contributed by atoms with van der Waals surface area (Å²) in [6, 6.07) is 56.4. The topological polar surface area (TPSA) is 268 Å². The van der Waals surface area contributed by atoms with E-state index in [1.165, 1.54) is 5.39 Å². The third-order valence-electron chi connectivity index (χ3n) is 19.3. The van der Waals surface area contributed by atoms with Crippen LogP contribution in [-0.2, 0) is 43.7 Å². The quantitative estimate of drug-likeness (QED) is 0.0550. The number of rotatable bonds is 12. The summed E-state index contributed by atoms with van der Waals surface area (Å²) in [5, 5.41) is 29.7. The third-order valence-corrected chi connectivity index (χ3v) is 19.6. The Morgan fingerprint density at radius 2 is 0.963 bits per heavy atom. The summed E-state index contributed by atoms with van der Waals surface area (Å²) in [7, 11) is 0. The Morgan fingerprint density at radius 3 is 1.51 bits per heavy atom. The zero-order chi connectivity index (χ0) is 74.8. The Morgan fingerprint density at radius 1 is 0.486 bits per heavy atom. The van der Waals surface area contributed by atoms with Gasteiger partial charge in [-0.25, -0.2) is 4.98 Å². The number of nitrogens with zero attached hydrogens (tertiary/aromatic N) is 4. The number of aryl methyl sites for hydroxylation is 1. The molecule has 8 aromatic carbocycles. The number of H-pyrrole nitrogens is 1. The van der Waals surface area contributed by atoms with Gasteiger partial charge in [-0.2, -0.15) is 0 Å². The Bertz CT molecular complexity index is 5130. The molecule has 0 bridgehead atoms. The minimum atomic E-state index is -0.707. The minimum absolute atomic E-state index is 0.119. The number of nitrogens with one attached hydrogen (secondary N) is 9. The van der Waals surface area contributed by atoms with Crippen molar-refractivity contribution in [2.75, 3.05) is 52.6 Å². The number of hydrogen-bond acceptors (Lipinski definition) is 16. The maximum absolute atomic E-state index is 13.2. The van der Waals surface area contributed by atoms with Crippen molar-refractivity contribution >= 4 is 79.3 Å². The van der Waals surface area contributed by atoms with Crippen molar-refractivity contribution in [2.45, 2.75) is 111 Å². The maximum atomic E-state index is 13.2. The molecule has 3 aromatic heterocycles. The number of benzene rings is 8. The van der Waals surface area contributed by atoms with Crippen molar-refractivity contribution in [3.63, 3.8) is 0 Å². The summed E-state index contributed by atoms with van der Waals surface area (Å²) in [6.45, 7) is 23.8. The highest BCUT2D eigenvalue weighted by molar-refractivity contribution is 6.30. The Hall–Kier alpha value is -11.1. The monoisotopic (exact) mass is 1460 g/mol. The largest absolute Gasteiger partial charge is 0.491 e. The highest BCUT2D eigenvalue weighted by atomic mass is 35.5. The Kier molecular flexibility index (Phi) is 22.7.